The zero-order valence-corrected chi connectivity index (χ0v) is 14.7. The Kier molecular flexibility index (Phi) is 4.44. The van der Waals surface area contributed by atoms with Crippen LogP contribution in [0.2, 0.25) is 0 Å². The molecule has 26 heavy (non-hydrogen) atoms. The smallest absolute Gasteiger partial charge is 0.269 e. The third kappa shape index (κ3) is 3.20. The van der Waals surface area contributed by atoms with E-state index in [0.29, 0.717) is 5.69 Å². The van der Waals surface area contributed by atoms with Gasteiger partial charge in [0.25, 0.3) is 5.91 Å². The van der Waals surface area contributed by atoms with E-state index in [4.69, 9.17) is 4.74 Å². The molecular formula is C21H21N3O2. The van der Waals surface area contributed by atoms with Gasteiger partial charge in [0.15, 0.2) is 0 Å². The van der Waals surface area contributed by atoms with Crippen LogP contribution in [-0.4, -0.2) is 23.2 Å². The van der Waals surface area contributed by atoms with E-state index in [1.165, 1.54) is 11.1 Å². The average molecular weight is 347 g/mol. The Morgan fingerprint density at radius 2 is 2.00 bits per heavy atom. The number of methoxy groups -OCH3 is 1. The fourth-order valence-electron chi connectivity index (χ4n) is 3.49. The maximum absolute atomic E-state index is 12.7. The molecule has 0 aliphatic heterocycles. The van der Waals surface area contributed by atoms with Crippen molar-refractivity contribution >= 4 is 5.91 Å². The quantitative estimate of drug-likeness (QED) is 0.752. The van der Waals surface area contributed by atoms with Crippen LogP contribution >= 0.6 is 0 Å². The molecule has 1 aliphatic carbocycles. The number of carbonyl (C=O) groups excluding carboxylic acids is 1. The largest absolute Gasteiger partial charge is 0.497 e. The van der Waals surface area contributed by atoms with Crippen molar-refractivity contribution in [3.63, 3.8) is 0 Å². The highest BCUT2D eigenvalue weighted by Gasteiger charge is 2.22. The van der Waals surface area contributed by atoms with Gasteiger partial charge in [0.05, 0.1) is 18.8 Å². The van der Waals surface area contributed by atoms with Crippen molar-refractivity contribution < 1.29 is 9.53 Å². The molecule has 0 saturated heterocycles. The summed E-state index contributed by atoms with van der Waals surface area (Å²) in [6, 6.07) is 17.8. The Morgan fingerprint density at radius 1 is 1.19 bits per heavy atom. The van der Waals surface area contributed by atoms with Crippen LogP contribution in [0, 0.1) is 0 Å². The van der Waals surface area contributed by atoms with Gasteiger partial charge in [-0.3, -0.25) is 9.89 Å². The van der Waals surface area contributed by atoms with Gasteiger partial charge in [0.2, 0.25) is 0 Å². The summed E-state index contributed by atoms with van der Waals surface area (Å²) >= 11 is 0. The topological polar surface area (TPSA) is 67.0 Å². The molecule has 0 saturated carbocycles. The zero-order chi connectivity index (χ0) is 17.9. The van der Waals surface area contributed by atoms with Gasteiger partial charge >= 0.3 is 0 Å². The van der Waals surface area contributed by atoms with E-state index in [-0.39, 0.29) is 11.9 Å². The van der Waals surface area contributed by atoms with Crippen LogP contribution in [0.4, 0.5) is 0 Å². The third-order valence-electron chi connectivity index (χ3n) is 4.88. The molecule has 0 fully saturated rings. The molecule has 4 rings (SSSR count). The molecule has 5 heteroatoms. The van der Waals surface area contributed by atoms with Crippen LogP contribution < -0.4 is 10.1 Å². The second-order valence-corrected chi connectivity index (χ2v) is 6.51. The highest BCUT2D eigenvalue weighted by molar-refractivity contribution is 5.93. The van der Waals surface area contributed by atoms with E-state index in [9.17, 15) is 4.79 Å². The Hall–Kier alpha value is -3.08. The lowest BCUT2D eigenvalue weighted by Crippen LogP contribution is -2.31. The van der Waals surface area contributed by atoms with Crippen LogP contribution in [0.5, 0.6) is 5.75 Å². The summed E-state index contributed by atoms with van der Waals surface area (Å²) in [5, 5.41) is 10.3. The fraction of sp³-hybridized carbons (Fsp3) is 0.238. The van der Waals surface area contributed by atoms with Gasteiger partial charge in [-0.05, 0) is 60.7 Å². The van der Waals surface area contributed by atoms with Crippen LogP contribution in [0.25, 0.3) is 11.3 Å². The first-order valence-corrected chi connectivity index (χ1v) is 8.83. The number of hydrogen-bond donors (Lipinski definition) is 2. The molecule has 1 atom stereocenters. The predicted octanol–water partition coefficient (Wildman–Crippen LogP) is 3.89. The number of ether oxygens (including phenoxy) is 1. The number of rotatable bonds is 4. The van der Waals surface area contributed by atoms with Gasteiger partial charge in [-0.25, -0.2) is 0 Å². The van der Waals surface area contributed by atoms with Crippen molar-refractivity contribution in [1.82, 2.24) is 15.5 Å². The molecule has 3 aromatic rings. The minimum Gasteiger partial charge on any atom is -0.497 e. The van der Waals surface area contributed by atoms with E-state index in [1.54, 1.807) is 13.2 Å². The lowest BCUT2D eigenvalue weighted by molar-refractivity contribution is 0.0927. The molecule has 5 nitrogen and oxygen atoms in total. The number of nitrogens with zero attached hydrogens (tertiary/aromatic N) is 1. The van der Waals surface area contributed by atoms with E-state index in [1.807, 2.05) is 30.3 Å². The van der Waals surface area contributed by atoms with Gasteiger partial charge in [-0.1, -0.05) is 24.3 Å². The summed E-state index contributed by atoms with van der Waals surface area (Å²) in [5.74, 6) is 0.664. The Balaban J connectivity index is 1.50. The minimum absolute atomic E-state index is 0.0557. The molecular weight excluding hydrogens is 326 g/mol. The van der Waals surface area contributed by atoms with E-state index in [2.05, 4.69) is 33.7 Å². The molecule has 0 bridgehead atoms. The zero-order valence-electron chi connectivity index (χ0n) is 14.7. The fourth-order valence-corrected chi connectivity index (χ4v) is 3.49. The first kappa shape index (κ1) is 16.4. The second kappa shape index (κ2) is 7.04. The molecule has 1 aromatic heterocycles. The number of aromatic amines is 1. The molecule has 1 amide bonds. The van der Waals surface area contributed by atoms with Crippen molar-refractivity contribution in [2.75, 3.05) is 7.11 Å². The lowest BCUT2D eigenvalue weighted by Gasteiger charge is -2.26. The van der Waals surface area contributed by atoms with E-state index in [0.717, 1.165) is 36.3 Å². The van der Waals surface area contributed by atoms with Gasteiger partial charge < -0.3 is 10.1 Å². The second-order valence-electron chi connectivity index (χ2n) is 6.51. The monoisotopic (exact) mass is 347 g/mol. The minimum atomic E-state index is -0.126. The Bertz CT molecular complexity index is 915. The van der Waals surface area contributed by atoms with Gasteiger partial charge in [-0.2, -0.15) is 5.10 Å². The summed E-state index contributed by atoms with van der Waals surface area (Å²) in [4.78, 5) is 12.7. The summed E-state index contributed by atoms with van der Waals surface area (Å²) in [7, 11) is 1.63. The average Bonchev–Trinajstić information content (AvgIpc) is 3.19. The van der Waals surface area contributed by atoms with Crippen molar-refractivity contribution in [2.45, 2.75) is 25.3 Å². The molecule has 132 valence electrons. The predicted molar refractivity (Wildman–Crippen MR) is 100 cm³/mol. The standard InChI is InChI=1S/C21H21N3O2/c1-26-16-11-9-15(10-12-16)19-13-20(24-23-19)21(25)22-18-8-4-6-14-5-2-3-7-17(14)18/h2-3,5,7,9-13,18H,4,6,8H2,1H3,(H,22,25)(H,23,24)/t18-/m0/s1. The number of amides is 1. The maximum Gasteiger partial charge on any atom is 0.269 e. The summed E-state index contributed by atoms with van der Waals surface area (Å²) in [5.41, 5.74) is 4.69. The normalized spacial score (nSPS) is 16.0. The lowest BCUT2D eigenvalue weighted by atomic mass is 9.87. The molecule has 0 spiro atoms. The summed E-state index contributed by atoms with van der Waals surface area (Å²) in [6.07, 6.45) is 3.12. The summed E-state index contributed by atoms with van der Waals surface area (Å²) < 4.78 is 5.17. The number of hydrogen-bond acceptors (Lipinski definition) is 3. The first-order valence-electron chi connectivity index (χ1n) is 8.83. The molecule has 1 aliphatic rings. The number of H-pyrrole nitrogens is 1. The number of nitrogens with one attached hydrogen (secondary N) is 2. The third-order valence-corrected chi connectivity index (χ3v) is 4.88. The van der Waals surface area contributed by atoms with Crippen molar-refractivity contribution in [3.8, 4) is 17.0 Å². The molecule has 1 heterocycles. The van der Waals surface area contributed by atoms with E-state index >= 15 is 0 Å². The van der Waals surface area contributed by atoms with Crippen LogP contribution in [-0.2, 0) is 6.42 Å². The first-order chi connectivity index (χ1) is 12.7. The molecule has 0 unspecified atom stereocenters. The van der Waals surface area contributed by atoms with E-state index < -0.39 is 0 Å². The van der Waals surface area contributed by atoms with Crippen LogP contribution in [0.1, 0.15) is 40.5 Å². The van der Waals surface area contributed by atoms with Crippen LogP contribution in [0.3, 0.4) is 0 Å². The number of fused-ring (bicyclic) bond motifs is 1. The van der Waals surface area contributed by atoms with Gasteiger partial charge in [0.1, 0.15) is 11.4 Å². The Labute approximate surface area is 152 Å². The number of carbonyl (C=O) groups is 1. The van der Waals surface area contributed by atoms with Crippen molar-refractivity contribution in [3.05, 3.63) is 71.4 Å². The van der Waals surface area contributed by atoms with Crippen LogP contribution in [0.15, 0.2) is 54.6 Å². The molecule has 2 aromatic carbocycles. The Morgan fingerprint density at radius 3 is 2.81 bits per heavy atom. The van der Waals surface area contributed by atoms with Gasteiger partial charge in [0, 0.05) is 5.56 Å². The van der Waals surface area contributed by atoms with Gasteiger partial charge in [-0.15, -0.1) is 0 Å². The highest BCUT2D eigenvalue weighted by Crippen LogP contribution is 2.29. The summed E-state index contributed by atoms with van der Waals surface area (Å²) in [6.45, 7) is 0. The SMILES string of the molecule is COc1ccc(-c2cc(C(=O)N[C@H]3CCCc4ccccc43)[nH]n2)cc1. The maximum atomic E-state index is 12.7. The van der Waals surface area contributed by atoms with Crippen molar-refractivity contribution in [2.24, 2.45) is 0 Å². The number of aromatic nitrogens is 2. The highest BCUT2D eigenvalue weighted by atomic mass is 16.5. The number of benzene rings is 2. The number of aryl methyl sites for hydroxylation is 1. The molecule has 0 radical (unpaired) electrons. The molecule has 2 N–H and O–H groups in total. The van der Waals surface area contributed by atoms with Crippen molar-refractivity contribution in [1.29, 1.82) is 0 Å².